The maximum absolute atomic E-state index is 11.6. The van der Waals surface area contributed by atoms with Crippen LogP contribution in [0.3, 0.4) is 0 Å². The third-order valence-corrected chi connectivity index (χ3v) is 3.27. The first-order valence-electron chi connectivity index (χ1n) is 7.63. The Morgan fingerprint density at radius 3 is 2.52 bits per heavy atom. The highest BCUT2D eigenvalue weighted by Gasteiger charge is 2.07. The summed E-state index contributed by atoms with van der Waals surface area (Å²) in [5, 5.41) is 0. The van der Waals surface area contributed by atoms with Crippen LogP contribution in [0.25, 0.3) is 0 Å². The number of aromatic nitrogens is 2. The number of aromatic amines is 1. The summed E-state index contributed by atoms with van der Waals surface area (Å²) < 4.78 is 17.6. The van der Waals surface area contributed by atoms with Crippen molar-refractivity contribution in [1.82, 2.24) is 9.55 Å². The van der Waals surface area contributed by atoms with Gasteiger partial charge in [0.25, 0.3) is 5.56 Å². The van der Waals surface area contributed by atoms with Crippen LogP contribution < -0.4 is 5.56 Å². The predicted octanol–water partition coefficient (Wildman–Crippen LogP) is 1.53. The van der Waals surface area contributed by atoms with E-state index in [-0.39, 0.29) is 24.1 Å². The topological polar surface area (TPSA) is 82.6 Å². The van der Waals surface area contributed by atoms with Crippen molar-refractivity contribution in [3.8, 4) is 0 Å². The number of nitrogens with one attached hydrogen (secondary N) is 1. The van der Waals surface area contributed by atoms with Crippen LogP contribution in [-0.2, 0) is 25.5 Å². The second-order valence-electron chi connectivity index (χ2n) is 5.17. The van der Waals surface area contributed by atoms with Gasteiger partial charge in [-0.15, -0.1) is 0 Å². The first kappa shape index (κ1) is 19.5. The highest BCUT2D eigenvalue weighted by atomic mass is 32.1. The predicted molar refractivity (Wildman–Crippen MR) is 87.9 cm³/mol. The van der Waals surface area contributed by atoms with Gasteiger partial charge in [-0.05, 0) is 18.6 Å². The fourth-order valence-corrected chi connectivity index (χ4v) is 1.93. The Kier molecular flexibility index (Phi) is 9.42. The molecule has 8 heteroatoms. The van der Waals surface area contributed by atoms with E-state index in [1.54, 1.807) is 13.8 Å². The molecule has 0 aliphatic carbocycles. The third-order valence-electron chi connectivity index (χ3n) is 2.93. The van der Waals surface area contributed by atoms with Crippen molar-refractivity contribution < 1.29 is 19.0 Å². The summed E-state index contributed by atoms with van der Waals surface area (Å²) in [6.45, 7) is 6.10. The van der Waals surface area contributed by atoms with Crippen molar-refractivity contribution >= 4 is 18.2 Å². The zero-order valence-corrected chi connectivity index (χ0v) is 14.4. The summed E-state index contributed by atoms with van der Waals surface area (Å²) in [4.78, 5) is 25.6. The second-order valence-corrected chi connectivity index (χ2v) is 5.56. The van der Waals surface area contributed by atoms with Gasteiger partial charge in [-0.2, -0.15) is 0 Å². The van der Waals surface area contributed by atoms with E-state index in [2.05, 4.69) is 4.98 Å². The number of carbonyl (C=O) groups excluding carboxylic acids is 1. The molecule has 0 amide bonds. The summed E-state index contributed by atoms with van der Waals surface area (Å²) in [7, 11) is 0. The lowest BCUT2D eigenvalue weighted by Gasteiger charge is -2.08. The first-order chi connectivity index (χ1) is 11.0. The lowest BCUT2D eigenvalue weighted by Crippen LogP contribution is -2.21. The van der Waals surface area contributed by atoms with Crippen LogP contribution in [-0.4, -0.2) is 48.6 Å². The lowest BCUT2D eigenvalue weighted by molar-refractivity contribution is -0.149. The van der Waals surface area contributed by atoms with Crippen LogP contribution in [0, 0.1) is 10.7 Å². The van der Waals surface area contributed by atoms with Gasteiger partial charge in [-0.3, -0.25) is 14.2 Å². The molecule has 1 N–H and O–H groups in total. The Hall–Kier alpha value is -1.51. The van der Waals surface area contributed by atoms with Crippen LogP contribution in [0.15, 0.2) is 17.1 Å². The normalized spacial score (nSPS) is 10.9. The van der Waals surface area contributed by atoms with Crippen molar-refractivity contribution in [2.75, 3.05) is 33.0 Å². The molecule has 1 rings (SSSR count). The number of esters is 1. The fourth-order valence-electron chi connectivity index (χ4n) is 1.68. The van der Waals surface area contributed by atoms with E-state index in [9.17, 15) is 9.59 Å². The zero-order valence-electron chi connectivity index (χ0n) is 13.6. The van der Waals surface area contributed by atoms with Crippen molar-refractivity contribution in [3.05, 3.63) is 27.4 Å². The molecular formula is C15H24N2O5S. The Morgan fingerprint density at radius 1 is 1.22 bits per heavy atom. The molecule has 0 aliphatic rings. The molecule has 0 saturated carbocycles. The monoisotopic (exact) mass is 344 g/mol. The molecule has 1 aromatic heterocycles. The number of rotatable bonds is 11. The molecule has 0 spiro atoms. The standard InChI is InChI=1S/C15H24N2O5S/c1-12(2)14(19)22-11-10-21-9-8-20-7-3-6-17-13(18)4-5-16-15(17)23/h4-5,12H,3,6-11H2,1-2H3,(H,16,23). The molecule has 1 heterocycles. The number of nitrogens with zero attached hydrogens (tertiary/aromatic N) is 1. The maximum Gasteiger partial charge on any atom is 0.308 e. The highest BCUT2D eigenvalue weighted by Crippen LogP contribution is 1.95. The van der Waals surface area contributed by atoms with Gasteiger partial charge in [0, 0.05) is 25.4 Å². The smallest absolute Gasteiger partial charge is 0.308 e. The minimum Gasteiger partial charge on any atom is -0.463 e. The zero-order chi connectivity index (χ0) is 17.1. The summed E-state index contributed by atoms with van der Waals surface area (Å²) in [5.41, 5.74) is -0.118. The average molecular weight is 344 g/mol. The average Bonchev–Trinajstić information content (AvgIpc) is 2.51. The van der Waals surface area contributed by atoms with Crippen molar-refractivity contribution in [3.63, 3.8) is 0 Å². The van der Waals surface area contributed by atoms with Crippen LogP contribution in [0.1, 0.15) is 20.3 Å². The van der Waals surface area contributed by atoms with Crippen molar-refractivity contribution in [1.29, 1.82) is 0 Å². The summed E-state index contributed by atoms with van der Waals surface area (Å²) in [6.07, 6.45) is 2.22. The number of carbonyl (C=O) groups is 1. The van der Waals surface area contributed by atoms with Gasteiger partial charge in [-0.25, -0.2) is 0 Å². The molecule has 0 bridgehead atoms. The second kappa shape index (κ2) is 11.1. The van der Waals surface area contributed by atoms with Gasteiger partial charge in [0.1, 0.15) is 6.61 Å². The van der Waals surface area contributed by atoms with E-state index >= 15 is 0 Å². The minimum absolute atomic E-state index is 0.118. The van der Waals surface area contributed by atoms with Crippen LogP contribution >= 0.6 is 12.2 Å². The number of hydrogen-bond donors (Lipinski definition) is 1. The SMILES string of the molecule is CC(C)C(=O)OCCOCCOCCCn1c(=O)cc[nH]c1=S. The van der Waals surface area contributed by atoms with Gasteiger partial charge < -0.3 is 19.2 Å². The molecule has 23 heavy (non-hydrogen) atoms. The molecule has 7 nitrogen and oxygen atoms in total. The molecule has 0 fully saturated rings. The molecule has 130 valence electrons. The first-order valence-corrected chi connectivity index (χ1v) is 8.04. The van der Waals surface area contributed by atoms with Gasteiger partial charge in [0.2, 0.25) is 0 Å². The van der Waals surface area contributed by atoms with Crippen LogP contribution in [0.2, 0.25) is 0 Å². The fraction of sp³-hybridized carbons (Fsp3) is 0.667. The Balaban J connectivity index is 1.99. The van der Waals surface area contributed by atoms with Gasteiger partial charge in [0.05, 0.1) is 25.7 Å². The van der Waals surface area contributed by atoms with Gasteiger partial charge >= 0.3 is 5.97 Å². The van der Waals surface area contributed by atoms with Gasteiger partial charge in [-0.1, -0.05) is 13.8 Å². The van der Waals surface area contributed by atoms with Crippen LogP contribution in [0.5, 0.6) is 0 Å². The Bertz CT molecular complexity index is 553. The van der Waals surface area contributed by atoms with E-state index in [4.69, 9.17) is 26.4 Å². The molecule has 0 atom stereocenters. The molecule has 0 unspecified atom stereocenters. The number of H-pyrrole nitrogens is 1. The largest absolute Gasteiger partial charge is 0.463 e. The number of ether oxygens (including phenoxy) is 3. The Morgan fingerprint density at radius 2 is 1.87 bits per heavy atom. The third kappa shape index (κ3) is 8.06. The maximum atomic E-state index is 11.6. The van der Waals surface area contributed by atoms with Crippen LogP contribution in [0.4, 0.5) is 0 Å². The van der Waals surface area contributed by atoms with Crippen molar-refractivity contribution in [2.24, 2.45) is 5.92 Å². The van der Waals surface area contributed by atoms with Crippen molar-refractivity contribution in [2.45, 2.75) is 26.8 Å². The quantitative estimate of drug-likeness (QED) is 0.372. The van der Waals surface area contributed by atoms with E-state index < -0.39 is 0 Å². The molecule has 0 aliphatic heterocycles. The number of hydrogen-bond acceptors (Lipinski definition) is 6. The Labute approximate surface area is 140 Å². The van der Waals surface area contributed by atoms with Gasteiger partial charge in [0.15, 0.2) is 4.77 Å². The van der Waals surface area contributed by atoms with E-state index in [1.165, 1.54) is 16.8 Å². The summed E-state index contributed by atoms with van der Waals surface area (Å²) in [5.74, 6) is -0.344. The molecular weight excluding hydrogens is 320 g/mol. The van der Waals surface area contributed by atoms with E-state index in [0.717, 1.165) is 0 Å². The molecule has 0 radical (unpaired) electrons. The molecule has 0 aromatic carbocycles. The molecule has 0 saturated heterocycles. The van der Waals surface area contributed by atoms with E-state index in [1.807, 2.05) is 0 Å². The minimum atomic E-state index is -0.223. The highest BCUT2D eigenvalue weighted by molar-refractivity contribution is 7.71. The summed E-state index contributed by atoms with van der Waals surface area (Å²) >= 11 is 5.04. The van der Waals surface area contributed by atoms with E-state index in [0.29, 0.717) is 44.2 Å². The lowest BCUT2D eigenvalue weighted by atomic mass is 10.2. The summed E-state index contributed by atoms with van der Waals surface area (Å²) in [6, 6.07) is 1.44. The molecule has 1 aromatic rings.